The van der Waals surface area contributed by atoms with E-state index >= 15 is 0 Å². The fourth-order valence-corrected chi connectivity index (χ4v) is 2.76. The number of piperidine rings is 1. The fourth-order valence-electron chi connectivity index (χ4n) is 2.76. The lowest BCUT2D eigenvalue weighted by Gasteiger charge is -2.32. The third-order valence-corrected chi connectivity index (χ3v) is 3.74. The highest BCUT2D eigenvalue weighted by Gasteiger charge is 2.19. The molecule has 1 unspecified atom stereocenters. The molecule has 3 nitrogen and oxygen atoms in total. The van der Waals surface area contributed by atoms with Crippen molar-refractivity contribution in [2.24, 2.45) is 11.7 Å². The molecule has 4 heteroatoms. The molecule has 1 aromatic rings. The van der Waals surface area contributed by atoms with E-state index in [1.54, 1.807) is 7.11 Å². The van der Waals surface area contributed by atoms with E-state index in [1.165, 1.54) is 37.9 Å². The summed E-state index contributed by atoms with van der Waals surface area (Å²) >= 11 is 0. The van der Waals surface area contributed by atoms with E-state index in [4.69, 9.17) is 10.5 Å². The maximum absolute atomic E-state index is 5.66. The number of nitrogens with two attached hydrogens (primary N) is 1. The van der Waals surface area contributed by atoms with Crippen molar-refractivity contribution in [1.82, 2.24) is 4.90 Å². The van der Waals surface area contributed by atoms with Crippen molar-refractivity contribution in [1.29, 1.82) is 0 Å². The molecular weight excluding hydrogens is 260 g/mol. The van der Waals surface area contributed by atoms with Crippen molar-refractivity contribution in [3.05, 3.63) is 29.8 Å². The van der Waals surface area contributed by atoms with Crippen LogP contribution in [-0.4, -0.2) is 31.6 Å². The third-order valence-electron chi connectivity index (χ3n) is 3.74. The van der Waals surface area contributed by atoms with Gasteiger partial charge in [0.05, 0.1) is 7.11 Å². The Hall–Kier alpha value is -0.770. The maximum Gasteiger partial charge on any atom is 0.118 e. The van der Waals surface area contributed by atoms with Crippen molar-refractivity contribution >= 4 is 12.4 Å². The summed E-state index contributed by atoms with van der Waals surface area (Å²) in [6.07, 6.45) is 3.82. The second kappa shape index (κ2) is 8.41. The molecular formula is C15H25ClN2O. The zero-order chi connectivity index (χ0) is 12.8. The molecule has 1 aliphatic heterocycles. The standard InChI is InChI=1S/C15H24N2O.ClH/c1-18-15-6-4-14(5-7-15)12-17-10-2-3-13(11-17)8-9-16;/h4-7,13H,2-3,8-12,16H2,1H3;1H. The van der Waals surface area contributed by atoms with Crippen LogP contribution in [0.2, 0.25) is 0 Å². The Morgan fingerprint density at radius 2 is 2.05 bits per heavy atom. The van der Waals surface area contributed by atoms with E-state index in [-0.39, 0.29) is 12.4 Å². The molecule has 1 aromatic carbocycles. The van der Waals surface area contributed by atoms with Crippen molar-refractivity contribution < 1.29 is 4.74 Å². The lowest BCUT2D eigenvalue weighted by atomic mass is 9.94. The van der Waals surface area contributed by atoms with Gasteiger partial charge in [0.2, 0.25) is 0 Å². The lowest BCUT2D eigenvalue weighted by Crippen LogP contribution is -2.35. The fraction of sp³-hybridized carbons (Fsp3) is 0.600. The Labute approximate surface area is 122 Å². The molecule has 1 saturated heterocycles. The normalized spacial score (nSPS) is 19.8. The predicted octanol–water partition coefficient (Wildman–Crippen LogP) is 2.68. The molecule has 2 rings (SSSR count). The Morgan fingerprint density at radius 3 is 2.68 bits per heavy atom. The van der Waals surface area contributed by atoms with Gasteiger partial charge < -0.3 is 10.5 Å². The predicted molar refractivity (Wildman–Crippen MR) is 81.9 cm³/mol. The summed E-state index contributed by atoms with van der Waals surface area (Å²) < 4.78 is 5.18. The lowest BCUT2D eigenvalue weighted by molar-refractivity contribution is 0.163. The Balaban J connectivity index is 0.00000180. The van der Waals surface area contributed by atoms with Crippen molar-refractivity contribution in [3.8, 4) is 5.75 Å². The van der Waals surface area contributed by atoms with Crippen LogP contribution < -0.4 is 10.5 Å². The van der Waals surface area contributed by atoms with Crippen LogP contribution in [0.25, 0.3) is 0 Å². The van der Waals surface area contributed by atoms with Gasteiger partial charge in [-0.15, -0.1) is 12.4 Å². The number of hydrogen-bond acceptors (Lipinski definition) is 3. The number of ether oxygens (including phenoxy) is 1. The second-order valence-corrected chi connectivity index (χ2v) is 5.17. The summed E-state index contributed by atoms with van der Waals surface area (Å²) in [5.74, 6) is 1.72. The monoisotopic (exact) mass is 284 g/mol. The van der Waals surface area contributed by atoms with Gasteiger partial charge in [-0.05, 0) is 56.0 Å². The quantitative estimate of drug-likeness (QED) is 0.903. The highest BCUT2D eigenvalue weighted by Crippen LogP contribution is 2.21. The minimum Gasteiger partial charge on any atom is -0.497 e. The molecule has 1 aliphatic rings. The Bertz CT molecular complexity index is 354. The van der Waals surface area contributed by atoms with Gasteiger partial charge in [-0.1, -0.05) is 12.1 Å². The van der Waals surface area contributed by atoms with E-state index in [0.717, 1.165) is 24.8 Å². The SMILES string of the molecule is COc1ccc(CN2CCCC(CCN)C2)cc1.Cl. The van der Waals surface area contributed by atoms with Gasteiger partial charge in [0, 0.05) is 13.1 Å². The number of likely N-dealkylation sites (tertiary alicyclic amines) is 1. The van der Waals surface area contributed by atoms with Crippen LogP contribution in [-0.2, 0) is 6.54 Å². The third kappa shape index (κ3) is 5.01. The van der Waals surface area contributed by atoms with Gasteiger partial charge in [0.15, 0.2) is 0 Å². The summed E-state index contributed by atoms with van der Waals surface area (Å²) in [6, 6.07) is 8.39. The van der Waals surface area contributed by atoms with Crippen LogP contribution >= 0.6 is 12.4 Å². The molecule has 0 bridgehead atoms. The van der Waals surface area contributed by atoms with E-state index in [2.05, 4.69) is 17.0 Å². The minimum absolute atomic E-state index is 0. The van der Waals surface area contributed by atoms with Gasteiger partial charge in [0.25, 0.3) is 0 Å². The number of halogens is 1. The molecule has 1 heterocycles. The molecule has 0 amide bonds. The van der Waals surface area contributed by atoms with E-state index < -0.39 is 0 Å². The average molecular weight is 285 g/mol. The maximum atomic E-state index is 5.66. The number of nitrogens with zero attached hydrogens (tertiary/aromatic N) is 1. The summed E-state index contributed by atoms with van der Waals surface area (Å²) in [7, 11) is 1.71. The molecule has 108 valence electrons. The number of methoxy groups -OCH3 is 1. The van der Waals surface area contributed by atoms with Crippen LogP contribution in [0.3, 0.4) is 0 Å². The second-order valence-electron chi connectivity index (χ2n) is 5.17. The molecule has 1 atom stereocenters. The summed E-state index contributed by atoms with van der Waals surface area (Å²) in [5, 5.41) is 0. The molecule has 2 N–H and O–H groups in total. The largest absolute Gasteiger partial charge is 0.497 e. The van der Waals surface area contributed by atoms with Gasteiger partial charge in [-0.3, -0.25) is 4.90 Å². The van der Waals surface area contributed by atoms with Crippen molar-refractivity contribution in [2.75, 3.05) is 26.7 Å². The van der Waals surface area contributed by atoms with Crippen LogP contribution in [0, 0.1) is 5.92 Å². The highest BCUT2D eigenvalue weighted by atomic mass is 35.5. The smallest absolute Gasteiger partial charge is 0.118 e. The average Bonchev–Trinajstić information content (AvgIpc) is 2.40. The van der Waals surface area contributed by atoms with Gasteiger partial charge in [-0.2, -0.15) is 0 Å². The Kier molecular flexibility index (Phi) is 7.21. The zero-order valence-corrected chi connectivity index (χ0v) is 12.5. The first-order chi connectivity index (χ1) is 8.81. The van der Waals surface area contributed by atoms with Gasteiger partial charge in [-0.25, -0.2) is 0 Å². The molecule has 0 saturated carbocycles. The number of hydrogen-bond donors (Lipinski definition) is 1. The van der Waals surface area contributed by atoms with Gasteiger partial charge in [0.1, 0.15) is 5.75 Å². The summed E-state index contributed by atoms with van der Waals surface area (Å²) in [6.45, 7) is 4.28. The first-order valence-electron chi connectivity index (χ1n) is 6.87. The molecule has 0 aliphatic carbocycles. The highest BCUT2D eigenvalue weighted by molar-refractivity contribution is 5.85. The topological polar surface area (TPSA) is 38.5 Å². The van der Waals surface area contributed by atoms with Crippen molar-refractivity contribution in [2.45, 2.75) is 25.8 Å². The van der Waals surface area contributed by atoms with E-state index in [0.29, 0.717) is 0 Å². The van der Waals surface area contributed by atoms with E-state index in [9.17, 15) is 0 Å². The molecule has 19 heavy (non-hydrogen) atoms. The number of benzene rings is 1. The molecule has 0 radical (unpaired) electrons. The molecule has 1 fully saturated rings. The van der Waals surface area contributed by atoms with Crippen LogP contribution in [0.5, 0.6) is 5.75 Å². The Morgan fingerprint density at radius 1 is 1.32 bits per heavy atom. The van der Waals surface area contributed by atoms with Crippen molar-refractivity contribution in [3.63, 3.8) is 0 Å². The van der Waals surface area contributed by atoms with Crippen LogP contribution in [0.1, 0.15) is 24.8 Å². The summed E-state index contributed by atoms with van der Waals surface area (Å²) in [4.78, 5) is 2.55. The number of rotatable bonds is 5. The van der Waals surface area contributed by atoms with E-state index in [1.807, 2.05) is 12.1 Å². The summed E-state index contributed by atoms with van der Waals surface area (Å²) in [5.41, 5.74) is 7.02. The minimum atomic E-state index is 0. The van der Waals surface area contributed by atoms with Crippen LogP contribution in [0.4, 0.5) is 0 Å². The first-order valence-corrected chi connectivity index (χ1v) is 6.87. The van der Waals surface area contributed by atoms with Crippen LogP contribution in [0.15, 0.2) is 24.3 Å². The van der Waals surface area contributed by atoms with Gasteiger partial charge >= 0.3 is 0 Å². The zero-order valence-electron chi connectivity index (χ0n) is 11.7. The first kappa shape index (κ1) is 16.3. The molecule has 0 aromatic heterocycles. The molecule has 0 spiro atoms.